The van der Waals surface area contributed by atoms with E-state index in [4.69, 9.17) is 16.3 Å². The second kappa shape index (κ2) is 10.5. The van der Waals surface area contributed by atoms with E-state index in [0.29, 0.717) is 5.39 Å². The predicted octanol–water partition coefficient (Wildman–Crippen LogP) is 4.61. The van der Waals surface area contributed by atoms with Crippen LogP contribution in [0.4, 0.5) is 29.1 Å². The topological polar surface area (TPSA) is 94.2 Å². The highest BCUT2D eigenvalue weighted by Crippen LogP contribution is 2.37. The molecular weight excluding hydrogens is 506 g/mol. The molecule has 190 valence electrons. The Kier molecular flexibility index (Phi) is 7.45. The molecule has 0 saturated heterocycles. The maximum Gasteiger partial charge on any atom is 0.350 e. The van der Waals surface area contributed by atoms with Gasteiger partial charge in [0, 0.05) is 18.8 Å². The summed E-state index contributed by atoms with van der Waals surface area (Å²) in [6, 6.07) is 8.24. The number of pyridine rings is 1. The second-order valence-electron chi connectivity index (χ2n) is 7.58. The Labute approximate surface area is 206 Å². The van der Waals surface area contributed by atoms with Gasteiger partial charge in [-0.05, 0) is 36.6 Å². The predicted molar refractivity (Wildman–Crippen MR) is 126 cm³/mol. The standard InChI is InChI=1S/C23H20ClF4N5O3/c1-2-32-18(11-34)31-33(23(32)35)13-8-12-6-7-29-22(30-20-14(24)4-3-5-15(20)26)19(12)16(9-13)36-17(10-25)21(27)28/h3-9,17,21,34H,2,10-11H2,1H3,(H,29,30). The summed E-state index contributed by atoms with van der Waals surface area (Å²) < 4.78 is 62.2. The molecule has 0 saturated carbocycles. The number of nitrogens with one attached hydrogen (secondary N) is 1. The maximum absolute atomic E-state index is 14.4. The van der Waals surface area contributed by atoms with Gasteiger partial charge in [-0.25, -0.2) is 27.3 Å². The molecule has 2 aromatic carbocycles. The number of anilines is 2. The number of halogens is 5. The van der Waals surface area contributed by atoms with Crippen LogP contribution in [0.15, 0.2) is 47.4 Å². The third-order valence-corrected chi connectivity index (χ3v) is 5.69. The molecule has 0 amide bonds. The van der Waals surface area contributed by atoms with Crippen LogP contribution in [0.3, 0.4) is 0 Å². The van der Waals surface area contributed by atoms with Crippen molar-refractivity contribution in [3.05, 3.63) is 69.7 Å². The largest absolute Gasteiger partial charge is 0.481 e. The highest BCUT2D eigenvalue weighted by Gasteiger charge is 2.25. The summed E-state index contributed by atoms with van der Waals surface area (Å²) in [6.07, 6.45) is -3.92. The van der Waals surface area contributed by atoms with Gasteiger partial charge in [0.2, 0.25) is 0 Å². The number of hydrogen-bond acceptors (Lipinski definition) is 6. The van der Waals surface area contributed by atoms with Crippen LogP contribution in [-0.2, 0) is 13.2 Å². The van der Waals surface area contributed by atoms with Gasteiger partial charge in [0.15, 0.2) is 11.9 Å². The number of aliphatic hydroxyl groups excluding tert-OH is 1. The van der Waals surface area contributed by atoms with Gasteiger partial charge in [-0.3, -0.25) is 4.57 Å². The first-order valence-electron chi connectivity index (χ1n) is 10.7. The van der Waals surface area contributed by atoms with Crippen LogP contribution in [0.1, 0.15) is 12.7 Å². The van der Waals surface area contributed by atoms with E-state index in [1.165, 1.54) is 47.2 Å². The zero-order chi connectivity index (χ0) is 26.0. The summed E-state index contributed by atoms with van der Waals surface area (Å²) in [5, 5.41) is 16.9. The first-order valence-corrected chi connectivity index (χ1v) is 11.1. The van der Waals surface area contributed by atoms with Crippen LogP contribution >= 0.6 is 11.6 Å². The molecule has 0 spiro atoms. The quantitative estimate of drug-likeness (QED) is 0.310. The Morgan fingerprint density at radius 2 is 2.03 bits per heavy atom. The summed E-state index contributed by atoms with van der Waals surface area (Å²) in [7, 11) is 0. The Morgan fingerprint density at radius 1 is 1.25 bits per heavy atom. The molecule has 0 radical (unpaired) electrons. The van der Waals surface area contributed by atoms with Gasteiger partial charge in [-0.1, -0.05) is 17.7 Å². The van der Waals surface area contributed by atoms with Gasteiger partial charge < -0.3 is 15.2 Å². The summed E-state index contributed by atoms with van der Waals surface area (Å²) >= 11 is 6.11. The number of hydrogen-bond donors (Lipinski definition) is 2. The molecule has 2 aromatic heterocycles. The molecule has 2 heterocycles. The Hall–Kier alpha value is -3.64. The van der Waals surface area contributed by atoms with E-state index in [1.54, 1.807) is 6.92 Å². The van der Waals surface area contributed by atoms with E-state index in [9.17, 15) is 27.5 Å². The van der Waals surface area contributed by atoms with E-state index < -0.39 is 37.3 Å². The second-order valence-corrected chi connectivity index (χ2v) is 7.99. The maximum atomic E-state index is 14.4. The number of alkyl halides is 3. The lowest BCUT2D eigenvalue weighted by atomic mass is 10.1. The monoisotopic (exact) mass is 525 g/mol. The Bertz CT molecular complexity index is 1440. The van der Waals surface area contributed by atoms with E-state index in [1.807, 2.05) is 0 Å². The molecule has 4 aromatic rings. The molecule has 0 aliphatic heterocycles. The highest BCUT2D eigenvalue weighted by atomic mass is 35.5. The number of para-hydroxylation sites is 1. The first-order chi connectivity index (χ1) is 17.3. The number of ether oxygens (including phenoxy) is 1. The summed E-state index contributed by atoms with van der Waals surface area (Å²) in [5.41, 5.74) is -0.596. The fourth-order valence-corrected chi connectivity index (χ4v) is 3.87. The molecule has 4 rings (SSSR count). The van der Waals surface area contributed by atoms with Gasteiger partial charge in [0.25, 0.3) is 6.43 Å². The summed E-state index contributed by atoms with van der Waals surface area (Å²) in [6.45, 7) is -0.0931. The molecule has 8 nitrogen and oxygen atoms in total. The van der Waals surface area contributed by atoms with Crippen molar-refractivity contribution in [2.45, 2.75) is 32.6 Å². The number of fused-ring (bicyclic) bond motifs is 1. The van der Waals surface area contributed by atoms with Crippen molar-refractivity contribution in [3.8, 4) is 11.4 Å². The Balaban J connectivity index is 1.95. The molecule has 36 heavy (non-hydrogen) atoms. The lowest BCUT2D eigenvalue weighted by Crippen LogP contribution is -2.28. The zero-order valence-electron chi connectivity index (χ0n) is 18.8. The number of benzene rings is 2. The van der Waals surface area contributed by atoms with Crippen molar-refractivity contribution in [1.82, 2.24) is 19.3 Å². The molecule has 13 heteroatoms. The van der Waals surface area contributed by atoms with Crippen LogP contribution in [0, 0.1) is 5.82 Å². The molecule has 0 aliphatic rings. The van der Waals surface area contributed by atoms with Crippen molar-refractivity contribution >= 4 is 33.9 Å². The Morgan fingerprint density at radius 3 is 2.64 bits per heavy atom. The minimum absolute atomic E-state index is 0.00425. The van der Waals surface area contributed by atoms with Gasteiger partial charge in [-0.15, -0.1) is 5.10 Å². The average Bonchev–Trinajstić information content (AvgIpc) is 3.19. The minimum Gasteiger partial charge on any atom is -0.481 e. The highest BCUT2D eigenvalue weighted by molar-refractivity contribution is 6.33. The van der Waals surface area contributed by atoms with E-state index in [-0.39, 0.29) is 45.7 Å². The average molecular weight is 526 g/mol. The third-order valence-electron chi connectivity index (χ3n) is 5.37. The number of rotatable bonds is 9. The summed E-state index contributed by atoms with van der Waals surface area (Å²) in [4.78, 5) is 17.0. The SMILES string of the molecule is CCn1c(CO)nn(-c2cc(OC(CF)C(F)F)c3c(Nc4c(F)cccc4Cl)nccc3c2)c1=O. The normalized spacial score (nSPS) is 12.3. The molecule has 0 aliphatic carbocycles. The van der Waals surface area contributed by atoms with Crippen molar-refractivity contribution < 1.29 is 27.4 Å². The van der Waals surface area contributed by atoms with Gasteiger partial charge >= 0.3 is 5.69 Å². The molecule has 0 fully saturated rings. The van der Waals surface area contributed by atoms with E-state index >= 15 is 0 Å². The zero-order valence-corrected chi connectivity index (χ0v) is 19.5. The van der Waals surface area contributed by atoms with E-state index in [2.05, 4.69) is 15.4 Å². The van der Waals surface area contributed by atoms with E-state index in [0.717, 1.165) is 4.68 Å². The number of aliphatic hydroxyl groups is 1. The lowest BCUT2D eigenvalue weighted by molar-refractivity contribution is -0.000366. The van der Waals surface area contributed by atoms with Crippen LogP contribution in [-0.4, -0.2) is 43.6 Å². The number of nitrogens with zero attached hydrogens (tertiary/aromatic N) is 4. The van der Waals surface area contributed by atoms with Crippen LogP contribution < -0.4 is 15.7 Å². The third kappa shape index (κ3) is 4.73. The van der Waals surface area contributed by atoms with Crippen molar-refractivity contribution in [1.29, 1.82) is 0 Å². The molecule has 1 atom stereocenters. The lowest BCUT2D eigenvalue weighted by Gasteiger charge is -2.19. The fourth-order valence-electron chi connectivity index (χ4n) is 3.66. The number of aromatic nitrogens is 4. The van der Waals surface area contributed by atoms with Gasteiger partial charge in [0.05, 0.1) is 21.8 Å². The van der Waals surface area contributed by atoms with Crippen LogP contribution in [0.2, 0.25) is 5.02 Å². The van der Waals surface area contributed by atoms with Crippen molar-refractivity contribution in [3.63, 3.8) is 0 Å². The molecule has 1 unspecified atom stereocenters. The van der Waals surface area contributed by atoms with Crippen LogP contribution in [0.25, 0.3) is 16.5 Å². The minimum atomic E-state index is -3.16. The molecule has 2 N–H and O–H groups in total. The smallest absolute Gasteiger partial charge is 0.350 e. The van der Waals surface area contributed by atoms with Crippen LogP contribution in [0.5, 0.6) is 5.75 Å². The first kappa shape index (κ1) is 25.5. The fraction of sp³-hybridized carbons (Fsp3) is 0.261. The molecular formula is C23H20ClF4N5O3. The molecule has 0 bridgehead atoms. The van der Waals surface area contributed by atoms with Gasteiger partial charge in [-0.2, -0.15) is 4.68 Å². The van der Waals surface area contributed by atoms with Crippen molar-refractivity contribution in [2.24, 2.45) is 0 Å². The summed E-state index contributed by atoms with van der Waals surface area (Å²) in [5.74, 6) is -0.860. The van der Waals surface area contributed by atoms with Gasteiger partial charge in [0.1, 0.15) is 30.7 Å². The van der Waals surface area contributed by atoms with Crippen molar-refractivity contribution in [2.75, 3.05) is 12.0 Å².